The van der Waals surface area contributed by atoms with Crippen molar-refractivity contribution in [2.75, 3.05) is 24.2 Å². The average molecular weight is 282 g/mol. The molecule has 1 heterocycles. The van der Waals surface area contributed by atoms with E-state index in [-0.39, 0.29) is 23.5 Å². The van der Waals surface area contributed by atoms with E-state index >= 15 is 0 Å². The minimum atomic E-state index is -0.486. The topological polar surface area (TPSA) is 113 Å². The Hall–Kier alpha value is -1.76. The van der Waals surface area contributed by atoms with E-state index in [0.717, 1.165) is 19.3 Å². The van der Waals surface area contributed by atoms with Gasteiger partial charge < -0.3 is 16.2 Å². The highest BCUT2D eigenvalue weighted by Crippen LogP contribution is 2.48. The van der Waals surface area contributed by atoms with Gasteiger partial charge in [-0.2, -0.15) is 0 Å². The molecule has 0 saturated heterocycles. The molecule has 1 saturated carbocycles. The number of nitrogens with zero attached hydrogens (tertiary/aromatic N) is 1. The number of rotatable bonds is 7. The lowest BCUT2D eigenvalue weighted by molar-refractivity contribution is 0.253. The number of nitrogen functional groups attached to an aromatic ring is 1. The first-order valence-electron chi connectivity index (χ1n) is 7.00. The average Bonchev–Trinajstić information content (AvgIpc) is 3.14. The van der Waals surface area contributed by atoms with Crippen molar-refractivity contribution in [1.82, 2.24) is 9.55 Å². The van der Waals surface area contributed by atoms with Crippen LogP contribution in [0.5, 0.6) is 0 Å². The first-order valence-corrected chi connectivity index (χ1v) is 7.00. The number of aliphatic hydroxyl groups is 1. The van der Waals surface area contributed by atoms with Crippen LogP contribution in [0.3, 0.4) is 0 Å². The molecule has 0 atom stereocenters. The Morgan fingerprint density at radius 1 is 1.45 bits per heavy atom. The summed E-state index contributed by atoms with van der Waals surface area (Å²) in [6.07, 6.45) is 3.54. The Balaban J connectivity index is 2.21. The lowest BCUT2D eigenvalue weighted by atomic mass is 10.0. The van der Waals surface area contributed by atoms with Crippen LogP contribution in [-0.2, 0) is 6.54 Å². The predicted octanol–water partition coefficient (Wildman–Crippen LogP) is 0.103. The molecule has 5 N–H and O–H groups in total. The van der Waals surface area contributed by atoms with E-state index in [1.54, 1.807) is 0 Å². The van der Waals surface area contributed by atoms with E-state index in [9.17, 15) is 9.59 Å². The van der Waals surface area contributed by atoms with E-state index in [4.69, 9.17) is 10.8 Å². The zero-order valence-corrected chi connectivity index (χ0v) is 11.7. The summed E-state index contributed by atoms with van der Waals surface area (Å²) >= 11 is 0. The number of nitrogens with two attached hydrogens (primary N) is 1. The highest BCUT2D eigenvalue weighted by atomic mass is 16.3. The molecule has 0 radical (unpaired) electrons. The van der Waals surface area contributed by atoms with Crippen molar-refractivity contribution >= 4 is 11.5 Å². The largest absolute Gasteiger partial charge is 0.396 e. The number of nitrogens with one attached hydrogen (secondary N) is 2. The van der Waals surface area contributed by atoms with Crippen LogP contribution in [-0.4, -0.2) is 27.8 Å². The van der Waals surface area contributed by atoms with Crippen molar-refractivity contribution in [3.63, 3.8) is 0 Å². The van der Waals surface area contributed by atoms with Gasteiger partial charge in [-0.15, -0.1) is 0 Å². The molecule has 112 valence electrons. The summed E-state index contributed by atoms with van der Waals surface area (Å²) in [4.78, 5) is 25.8. The number of hydrogen-bond acceptors (Lipinski definition) is 5. The lowest BCUT2D eigenvalue weighted by Gasteiger charge is -2.17. The lowest BCUT2D eigenvalue weighted by Crippen LogP contribution is -2.35. The molecule has 1 aromatic heterocycles. The molecule has 0 amide bonds. The standard InChI is InChI=1S/C13H22N4O3/c1-2-6-17-10(14)9(11(19)16-12(17)20)15-8-13(3-4-13)5-7-18/h15,18H,2-8,14H2,1H3,(H,16,19,20). The summed E-state index contributed by atoms with van der Waals surface area (Å²) < 4.78 is 1.37. The van der Waals surface area contributed by atoms with Crippen LogP contribution in [0.25, 0.3) is 0 Å². The smallest absolute Gasteiger partial charge is 0.330 e. The predicted molar refractivity (Wildman–Crippen MR) is 77.9 cm³/mol. The summed E-state index contributed by atoms with van der Waals surface area (Å²) in [6, 6.07) is 0. The third-order valence-electron chi connectivity index (χ3n) is 3.93. The summed E-state index contributed by atoms with van der Waals surface area (Å²) in [5.74, 6) is 0.181. The molecular weight excluding hydrogens is 260 g/mol. The maximum atomic E-state index is 11.9. The molecule has 1 fully saturated rings. The van der Waals surface area contributed by atoms with Crippen LogP contribution in [0.1, 0.15) is 32.6 Å². The van der Waals surface area contributed by atoms with Gasteiger partial charge in [0, 0.05) is 19.7 Å². The van der Waals surface area contributed by atoms with E-state index in [0.29, 0.717) is 19.5 Å². The van der Waals surface area contributed by atoms with Crippen LogP contribution < -0.4 is 22.3 Å². The Bertz CT molecular complexity index is 586. The minimum Gasteiger partial charge on any atom is -0.396 e. The number of H-pyrrole nitrogens is 1. The molecule has 1 aliphatic rings. The summed E-state index contributed by atoms with van der Waals surface area (Å²) in [5.41, 5.74) is 5.28. The zero-order valence-electron chi connectivity index (χ0n) is 11.7. The number of aromatic nitrogens is 2. The van der Waals surface area contributed by atoms with Crippen molar-refractivity contribution in [2.24, 2.45) is 5.41 Å². The van der Waals surface area contributed by atoms with Crippen molar-refractivity contribution in [1.29, 1.82) is 0 Å². The molecule has 0 aromatic carbocycles. The van der Waals surface area contributed by atoms with Crippen LogP contribution in [0.15, 0.2) is 9.59 Å². The highest BCUT2D eigenvalue weighted by Gasteiger charge is 2.41. The van der Waals surface area contributed by atoms with Crippen molar-refractivity contribution in [2.45, 2.75) is 39.2 Å². The maximum absolute atomic E-state index is 11.9. The molecule has 20 heavy (non-hydrogen) atoms. The second-order valence-electron chi connectivity index (χ2n) is 5.50. The number of aromatic amines is 1. The second-order valence-corrected chi connectivity index (χ2v) is 5.50. The van der Waals surface area contributed by atoms with E-state index in [2.05, 4.69) is 10.3 Å². The first-order chi connectivity index (χ1) is 9.53. The summed E-state index contributed by atoms with van der Waals surface area (Å²) in [5, 5.41) is 12.1. The Kier molecular flexibility index (Phi) is 4.17. The summed E-state index contributed by atoms with van der Waals surface area (Å²) in [7, 11) is 0. The van der Waals surface area contributed by atoms with Gasteiger partial charge >= 0.3 is 5.69 Å². The van der Waals surface area contributed by atoms with Gasteiger partial charge in [-0.1, -0.05) is 6.92 Å². The van der Waals surface area contributed by atoms with Gasteiger partial charge in [0.15, 0.2) is 0 Å². The quantitative estimate of drug-likeness (QED) is 0.566. The summed E-state index contributed by atoms with van der Waals surface area (Å²) in [6.45, 7) is 3.14. The second kappa shape index (κ2) is 5.70. The SMILES string of the molecule is CCCn1c(N)c(NCC2(CCO)CC2)c(=O)[nH]c1=O. The van der Waals surface area contributed by atoms with E-state index < -0.39 is 11.2 Å². The fourth-order valence-corrected chi connectivity index (χ4v) is 2.41. The Morgan fingerprint density at radius 3 is 2.70 bits per heavy atom. The van der Waals surface area contributed by atoms with Gasteiger partial charge in [0.1, 0.15) is 11.5 Å². The molecule has 2 rings (SSSR count). The number of aliphatic hydroxyl groups excluding tert-OH is 1. The maximum Gasteiger partial charge on any atom is 0.330 e. The Labute approximate surface area is 116 Å². The van der Waals surface area contributed by atoms with Crippen LogP contribution >= 0.6 is 0 Å². The molecule has 1 aromatic rings. The van der Waals surface area contributed by atoms with E-state index in [1.165, 1.54) is 4.57 Å². The molecule has 1 aliphatic carbocycles. The molecule has 7 heteroatoms. The van der Waals surface area contributed by atoms with Gasteiger partial charge in [0.05, 0.1) is 0 Å². The molecule has 0 aliphatic heterocycles. The third kappa shape index (κ3) is 2.87. The Morgan fingerprint density at radius 2 is 2.15 bits per heavy atom. The van der Waals surface area contributed by atoms with Crippen molar-refractivity contribution in [3.8, 4) is 0 Å². The fourth-order valence-electron chi connectivity index (χ4n) is 2.41. The van der Waals surface area contributed by atoms with Gasteiger partial charge in [-0.3, -0.25) is 14.3 Å². The molecule has 0 unspecified atom stereocenters. The molecule has 7 nitrogen and oxygen atoms in total. The van der Waals surface area contributed by atoms with Crippen LogP contribution in [0.4, 0.5) is 11.5 Å². The van der Waals surface area contributed by atoms with Gasteiger partial charge in [0.2, 0.25) is 0 Å². The van der Waals surface area contributed by atoms with Crippen molar-refractivity contribution in [3.05, 3.63) is 20.8 Å². The number of anilines is 2. The van der Waals surface area contributed by atoms with Gasteiger partial charge in [-0.25, -0.2) is 4.79 Å². The minimum absolute atomic E-state index is 0.0688. The highest BCUT2D eigenvalue weighted by molar-refractivity contribution is 5.60. The number of hydrogen-bond donors (Lipinski definition) is 4. The van der Waals surface area contributed by atoms with Gasteiger partial charge in [0.25, 0.3) is 5.56 Å². The zero-order chi connectivity index (χ0) is 14.8. The van der Waals surface area contributed by atoms with Crippen LogP contribution in [0, 0.1) is 5.41 Å². The first kappa shape index (κ1) is 14.6. The third-order valence-corrected chi connectivity index (χ3v) is 3.93. The molecule has 0 spiro atoms. The monoisotopic (exact) mass is 282 g/mol. The normalized spacial score (nSPS) is 16.1. The van der Waals surface area contributed by atoms with E-state index in [1.807, 2.05) is 6.92 Å². The van der Waals surface area contributed by atoms with Crippen molar-refractivity contribution < 1.29 is 5.11 Å². The molecular formula is C13H22N4O3. The van der Waals surface area contributed by atoms with Gasteiger partial charge in [-0.05, 0) is 31.1 Å². The van der Waals surface area contributed by atoms with Crippen LogP contribution in [0.2, 0.25) is 0 Å². The molecule has 0 bridgehead atoms. The fraction of sp³-hybridized carbons (Fsp3) is 0.692.